The lowest BCUT2D eigenvalue weighted by atomic mass is 9.82. The van der Waals surface area contributed by atoms with Gasteiger partial charge in [0.05, 0.1) is 5.41 Å². The van der Waals surface area contributed by atoms with Crippen LogP contribution in [0.25, 0.3) is 11.1 Å². The van der Waals surface area contributed by atoms with Gasteiger partial charge in [-0.1, -0.05) is 67.4 Å². The first kappa shape index (κ1) is 19.2. The third kappa shape index (κ3) is 4.70. The quantitative estimate of drug-likeness (QED) is 0.715. The molecule has 0 aromatic heterocycles. The molecule has 0 aliphatic heterocycles. The first-order chi connectivity index (χ1) is 11.9. The van der Waals surface area contributed by atoms with Crippen molar-refractivity contribution < 1.29 is 9.90 Å². The Labute approximate surface area is 151 Å². The van der Waals surface area contributed by atoms with Crippen molar-refractivity contribution in [3.8, 4) is 11.1 Å². The molecule has 25 heavy (non-hydrogen) atoms. The maximum atomic E-state index is 11.5. The molecule has 0 atom stereocenters. The summed E-state index contributed by atoms with van der Waals surface area (Å²) in [4.78, 5) is 11.5. The average Bonchev–Trinajstić information content (AvgIpc) is 2.58. The molecule has 0 unspecified atom stereocenters. The molecule has 0 saturated carbocycles. The van der Waals surface area contributed by atoms with E-state index in [0.717, 1.165) is 0 Å². The first-order valence-corrected chi connectivity index (χ1v) is 9.02. The Balaban J connectivity index is 2.02. The summed E-state index contributed by atoms with van der Waals surface area (Å²) >= 11 is 0. The lowest BCUT2D eigenvalue weighted by Gasteiger charge is -2.27. The van der Waals surface area contributed by atoms with Gasteiger partial charge in [-0.3, -0.25) is 4.79 Å². The number of carboxylic acids is 1. The first-order valence-electron chi connectivity index (χ1n) is 9.02. The van der Waals surface area contributed by atoms with Gasteiger partial charge >= 0.3 is 5.97 Å². The van der Waals surface area contributed by atoms with Crippen molar-refractivity contribution >= 4 is 5.97 Å². The summed E-state index contributed by atoms with van der Waals surface area (Å²) in [5.74, 6) is -0.713. The van der Waals surface area contributed by atoms with Crippen molar-refractivity contribution in [3.05, 3.63) is 59.2 Å². The van der Waals surface area contributed by atoms with E-state index >= 15 is 0 Å². The fourth-order valence-electron chi connectivity index (χ4n) is 3.28. The van der Waals surface area contributed by atoms with Crippen LogP contribution in [-0.2, 0) is 11.3 Å². The highest BCUT2D eigenvalue weighted by Gasteiger charge is 2.34. The van der Waals surface area contributed by atoms with Crippen LogP contribution in [0.5, 0.6) is 0 Å². The van der Waals surface area contributed by atoms with Crippen LogP contribution in [0.4, 0.5) is 0 Å². The third-order valence-corrected chi connectivity index (χ3v) is 5.11. The lowest BCUT2D eigenvalue weighted by Crippen LogP contribution is -2.39. The fourth-order valence-corrected chi connectivity index (χ4v) is 3.28. The van der Waals surface area contributed by atoms with Gasteiger partial charge in [-0.2, -0.15) is 0 Å². The van der Waals surface area contributed by atoms with Crippen LogP contribution in [0.15, 0.2) is 42.5 Å². The van der Waals surface area contributed by atoms with Gasteiger partial charge in [0.25, 0.3) is 0 Å². The summed E-state index contributed by atoms with van der Waals surface area (Å²) < 4.78 is 0. The van der Waals surface area contributed by atoms with E-state index in [0.29, 0.717) is 25.9 Å². The van der Waals surface area contributed by atoms with Gasteiger partial charge in [-0.25, -0.2) is 0 Å². The smallest absolute Gasteiger partial charge is 0.310 e. The highest BCUT2D eigenvalue weighted by Crippen LogP contribution is 2.26. The number of carbonyl (C=O) groups is 1. The zero-order valence-corrected chi connectivity index (χ0v) is 15.7. The second-order valence-electron chi connectivity index (χ2n) is 6.97. The largest absolute Gasteiger partial charge is 0.481 e. The minimum absolute atomic E-state index is 0.494. The summed E-state index contributed by atoms with van der Waals surface area (Å²) in [5, 5.41) is 12.8. The molecule has 0 bridgehead atoms. The predicted octanol–water partition coefficient (Wildman–Crippen LogP) is 4.95. The molecule has 0 spiro atoms. The molecule has 3 nitrogen and oxygen atoms in total. The maximum absolute atomic E-state index is 11.5. The van der Waals surface area contributed by atoms with Crippen LogP contribution in [0.2, 0.25) is 0 Å². The molecule has 3 heteroatoms. The molecule has 0 fully saturated rings. The summed E-state index contributed by atoms with van der Waals surface area (Å²) in [6.45, 7) is 9.29. The molecular formula is C22H29NO2. The molecule has 0 heterocycles. The summed E-state index contributed by atoms with van der Waals surface area (Å²) in [6, 6.07) is 15.1. The summed E-state index contributed by atoms with van der Waals surface area (Å²) in [5.41, 5.74) is 5.48. The molecule has 0 aliphatic carbocycles. The van der Waals surface area contributed by atoms with E-state index in [2.05, 4.69) is 61.6 Å². The van der Waals surface area contributed by atoms with E-state index in [-0.39, 0.29) is 0 Å². The van der Waals surface area contributed by atoms with Crippen LogP contribution < -0.4 is 5.32 Å². The maximum Gasteiger partial charge on any atom is 0.310 e. The molecule has 0 amide bonds. The van der Waals surface area contributed by atoms with Crippen molar-refractivity contribution in [1.29, 1.82) is 0 Å². The zero-order chi connectivity index (χ0) is 18.4. The summed E-state index contributed by atoms with van der Waals surface area (Å²) in [6.07, 6.45) is 1.27. The number of nitrogens with one attached hydrogen (secondary N) is 1. The number of hydrogen-bond donors (Lipinski definition) is 2. The normalized spacial score (nSPS) is 11.5. The molecule has 2 aromatic carbocycles. The molecule has 2 aromatic rings. The Hall–Kier alpha value is -2.13. The Morgan fingerprint density at radius 3 is 2.00 bits per heavy atom. The molecule has 0 saturated heterocycles. The standard InChI is InChI=1S/C22H29NO2/c1-5-22(6-2,21(24)25)15-23-14-18-7-9-19(10-8-18)20-12-16(3)11-17(4)13-20/h7-13,23H,5-6,14-15H2,1-4H3,(H,24,25). The number of aliphatic carboxylic acids is 1. The van der Waals surface area contributed by atoms with Crippen molar-refractivity contribution in [2.75, 3.05) is 6.54 Å². The topological polar surface area (TPSA) is 49.3 Å². The van der Waals surface area contributed by atoms with Gasteiger partial charge in [0.2, 0.25) is 0 Å². The minimum atomic E-state index is -0.713. The number of rotatable bonds is 8. The second-order valence-corrected chi connectivity index (χ2v) is 6.97. The SMILES string of the molecule is CCC(CC)(CNCc1ccc(-c2cc(C)cc(C)c2)cc1)C(=O)O. The van der Waals surface area contributed by atoms with Crippen molar-refractivity contribution in [2.45, 2.75) is 47.1 Å². The fraction of sp³-hybridized carbons (Fsp3) is 0.409. The van der Waals surface area contributed by atoms with Crippen LogP contribution in [0, 0.1) is 19.3 Å². The Bertz CT molecular complexity index is 695. The number of hydrogen-bond acceptors (Lipinski definition) is 2. The highest BCUT2D eigenvalue weighted by molar-refractivity contribution is 5.74. The molecule has 0 radical (unpaired) electrons. The van der Waals surface area contributed by atoms with E-state index in [4.69, 9.17) is 0 Å². The van der Waals surface area contributed by atoms with Gasteiger partial charge < -0.3 is 10.4 Å². The van der Waals surface area contributed by atoms with Crippen molar-refractivity contribution in [2.24, 2.45) is 5.41 Å². The molecule has 0 aliphatic rings. The van der Waals surface area contributed by atoms with Gasteiger partial charge in [-0.05, 0) is 43.4 Å². The van der Waals surface area contributed by atoms with Gasteiger partial charge in [0, 0.05) is 13.1 Å². The monoisotopic (exact) mass is 339 g/mol. The Kier molecular flexibility index (Phi) is 6.38. The average molecular weight is 339 g/mol. The van der Waals surface area contributed by atoms with E-state index < -0.39 is 11.4 Å². The number of carboxylic acid groups (broad SMARTS) is 1. The molecule has 134 valence electrons. The van der Waals surface area contributed by atoms with Crippen molar-refractivity contribution in [3.63, 3.8) is 0 Å². The number of aryl methyl sites for hydroxylation is 2. The van der Waals surface area contributed by atoms with E-state index in [9.17, 15) is 9.90 Å². The molecule has 2 N–H and O–H groups in total. The Morgan fingerprint density at radius 2 is 1.52 bits per heavy atom. The Morgan fingerprint density at radius 1 is 0.960 bits per heavy atom. The van der Waals surface area contributed by atoms with Crippen molar-refractivity contribution in [1.82, 2.24) is 5.32 Å². The van der Waals surface area contributed by atoms with Crippen LogP contribution in [0.1, 0.15) is 43.4 Å². The molecule has 2 rings (SSSR count). The van der Waals surface area contributed by atoms with E-state index in [1.54, 1.807) is 0 Å². The van der Waals surface area contributed by atoms with Crippen LogP contribution in [-0.4, -0.2) is 17.6 Å². The third-order valence-electron chi connectivity index (χ3n) is 5.11. The predicted molar refractivity (Wildman–Crippen MR) is 104 cm³/mol. The minimum Gasteiger partial charge on any atom is -0.481 e. The molecular weight excluding hydrogens is 310 g/mol. The zero-order valence-electron chi connectivity index (χ0n) is 15.7. The summed E-state index contributed by atoms with van der Waals surface area (Å²) in [7, 11) is 0. The van der Waals surface area contributed by atoms with Gasteiger partial charge in [-0.15, -0.1) is 0 Å². The van der Waals surface area contributed by atoms with E-state index in [1.165, 1.54) is 27.8 Å². The van der Waals surface area contributed by atoms with Crippen LogP contribution >= 0.6 is 0 Å². The van der Waals surface area contributed by atoms with Gasteiger partial charge in [0.15, 0.2) is 0 Å². The van der Waals surface area contributed by atoms with E-state index in [1.807, 2.05) is 13.8 Å². The second kappa shape index (κ2) is 8.30. The van der Waals surface area contributed by atoms with Crippen LogP contribution in [0.3, 0.4) is 0 Å². The highest BCUT2D eigenvalue weighted by atomic mass is 16.4. The lowest BCUT2D eigenvalue weighted by molar-refractivity contribution is -0.149. The van der Waals surface area contributed by atoms with Gasteiger partial charge in [0.1, 0.15) is 0 Å². The number of benzene rings is 2.